The highest BCUT2D eigenvalue weighted by Crippen LogP contribution is 2.46. The molecular formula is C21H32ClNO4. The van der Waals surface area contributed by atoms with E-state index in [2.05, 4.69) is 19.1 Å². The Morgan fingerprint density at radius 3 is 2.67 bits per heavy atom. The van der Waals surface area contributed by atoms with Crippen LogP contribution in [0.25, 0.3) is 0 Å². The number of fused-ring (bicyclic) bond motifs is 2. The molecule has 1 aromatic carbocycles. The molecule has 1 fully saturated rings. The summed E-state index contributed by atoms with van der Waals surface area (Å²) in [5.74, 6) is 1.08. The van der Waals surface area contributed by atoms with Gasteiger partial charge in [0.05, 0.1) is 19.8 Å². The van der Waals surface area contributed by atoms with Gasteiger partial charge in [-0.05, 0) is 38.4 Å². The van der Waals surface area contributed by atoms with Gasteiger partial charge in [-0.2, -0.15) is 0 Å². The maximum atomic E-state index is 10.9. The fraction of sp³-hybridized carbons (Fsp3) is 0.667. The standard InChI is InChI=1S/C21H31NO4.ClH/c1-2-3-4-5-6-13-25-17-7-8-18-19(14-17)26-16-21(18)9-11-22(12-10-21)15-20(23)24;/h7-8,14H,2-6,9-13,15-16H2,1H3,(H,23,24);1H. The molecule has 0 aromatic heterocycles. The molecule has 0 amide bonds. The van der Waals surface area contributed by atoms with E-state index in [1.807, 2.05) is 11.0 Å². The third-order valence-corrected chi connectivity index (χ3v) is 5.72. The van der Waals surface area contributed by atoms with Crippen LogP contribution in [0.2, 0.25) is 0 Å². The normalized spacial score (nSPS) is 17.8. The Morgan fingerprint density at radius 1 is 1.22 bits per heavy atom. The molecule has 27 heavy (non-hydrogen) atoms. The van der Waals surface area contributed by atoms with Gasteiger partial charge in [0, 0.05) is 17.0 Å². The van der Waals surface area contributed by atoms with E-state index < -0.39 is 5.97 Å². The lowest BCUT2D eigenvalue weighted by atomic mass is 9.74. The molecule has 0 radical (unpaired) electrons. The highest BCUT2D eigenvalue weighted by Gasteiger charge is 2.43. The summed E-state index contributed by atoms with van der Waals surface area (Å²) >= 11 is 0. The number of aliphatic carboxylic acids is 1. The second-order valence-electron chi connectivity index (χ2n) is 7.66. The van der Waals surface area contributed by atoms with Crippen molar-refractivity contribution in [2.45, 2.75) is 57.3 Å². The number of carbonyl (C=O) groups is 1. The number of piperidine rings is 1. The van der Waals surface area contributed by atoms with Crippen LogP contribution in [0.15, 0.2) is 18.2 Å². The molecule has 0 atom stereocenters. The molecule has 0 unspecified atom stereocenters. The third-order valence-electron chi connectivity index (χ3n) is 5.72. The van der Waals surface area contributed by atoms with Gasteiger partial charge >= 0.3 is 5.97 Å². The maximum Gasteiger partial charge on any atom is 0.317 e. The van der Waals surface area contributed by atoms with Crippen molar-refractivity contribution >= 4 is 18.4 Å². The van der Waals surface area contributed by atoms with Crippen LogP contribution in [-0.2, 0) is 10.2 Å². The van der Waals surface area contributed by atoms with Gasteiger partial charge < -0.3 is 14.6 Å². The summed E-state index contributed by atoms with van der Waals surface area (Å²) in [5, 5.41) is 8.96. The van der Waals surface area contributed by atoms with E-state index in [9.17, 15) is 4.79 Å². The topological polar surface area (TPSA) is 59.0 Å². The van der Waals surface area contributed by atoms with Crippen LogP contribution < -0.4 is 9.47 Å². The van der Waals surface area contributed by atoms with Gasteiger partial charge in [0.2, 0.25) is 0 Å². The van der Waals surface area contributed by atoms with Crippen molar-refractivity contribution in [2.75, 3.05) is 32.8 Å². The summed E-state index contributed by atoms with van der Waals surface area (Å²) in [4.78, 5) is 12.9. The second-order valence-corrected chi connectivity index (χ2v) is 7.66. The zero-order valence-corrected chi connectivity index (χ0v) is 17.1. The van der Waals surface area contributed by atoms with Crippen LogP contribution in [0.4, 0.5) is 0 Å². The molecule has 3 rings (SSSR count). The lowest BCUT2D eigenvalue weighted by molar-refractivity contribution is -0.138. The SMILES string of the molecule is CCCCCCCOc1ccc2c(c1)OCC21CCN(CC(=O)O)CC1.Cl. The van der Waals surface area contributed by atoms with E-state index in [-0.39, 0.29) is 24.4 Å². The fourth-order valence-corrected chi connectivity index (χ4v) is 4.08. The molecule has 0 aliphatic carbocycles. The van der Waals surface area contributed by atoms with Crippen molar-refractivity contribution in [3.8, 4) is 11.5 Å². The minimum atomic E-state index is -0.750. The van der Waals surface area contributed by atoms with E-state index in [0.717, 1.165) is 50.5 Å². The van der Waals surface area contributed by atoms with Crippen LogP contribution >= 0.6 is 12.4 Å². The molecule has 152 valence electrons. The Hall–Kier alpha value is -1.46. The summed E-state index contributed by atoms with van der Waals surface area (Å²) in [7, 11) is 0. The Kier molecular flexibility index (Phi) is 8.24. The molecule has 1 N–H and O–H groups in total. The average molecular weight is 398 g/mol. The zero-order chi connectivity index (χ0) is 18.4. The highest BCUT2D eigenvalue weighted by molar-refractivity contribution is 5.85. The van der Waals surface area contributed by atoms with Crippen molar-refractivity contribution in [3.05, 3.63) is 23.8 Å². The van der Waals surface area contributed by atoms with Crippen LogP contribution in [0.5, 0.6) is 11.5 Å². The Bertz CT molecular complexity index is 614. The van der Waals surface area contributed by atoms with Gasteiger partial charge in [-0.15, -0.1) is 12.4 Å². The van der Waals surface area contributed by atoms with Gasteiger partial charge in [0.1, 0.15) is 11.5 Å². The maximum absolute atomic E-state index is 10.9. The number of carboxylic acids is 1. The van der Waals surface area contributed by atoms with E-state index in [1.165, 1.54) is 31.2 Å². The molecule has 5 nitrogen and oxygen atoms in total. The number of likely N-dealkylation sites (tertiary alicyclic amines) is 1. The summed E-state index contributed by atoms with van der Waals surface area (Å²) in [5.41, 5.74) is 1.31. The summed E-state index contributed by atoms with van der Waals surface area (Å²) in [6.07, 6.45) is 8.08. The Labute approximate surface area is 168 Å². The number of nitrogens with zero attached hydrogens (tertiary/aromatic N) is 1. The van der Waals surface area contributed by atoms with Gasteiger partial charge in [0.25, 0.3) is 0 Å². The number of carboxylic acid groups (broad SMARTS) is 1. The van der Waals surface area contributed by atoms with Crippen LogP contribution in [-0.4, -0.2) is 48.8 Å². The van der Waals surface area contributed by atoms with Crippen molar-refractivity contribution in [1.82, 2.24) is 4.90 Å². The molecule has 0 bridgehead atoms. The summed E-state index contributed by atoms with van der Waals surface area (Å²) in [6.45, 7) is 5.44. The highest BCUT2D eigenvalue weighted by atomic mass is 35.5. The summed E-state index contributed by atoms with van der Waals surface area (Å²) < 4.78 is 11.9. The predicted molar refractivity (Wildman–Crippen MR) is 108 cm³/mol. The average Bonchev–Trinajstić information content (AvgIpc) is 2.98. The van der Waals surface area contributed by atoms with Gasteiger partial charge in [0.15, 0.2) is 0 Å². The Balaban J connectivity index is 0.00000261. The number of benzene rings is 1. The number of ether oxygens (including phenoxy) is 2. The number of hydrogen-bond acceptors (Lipinski definition) is 4. The van der Waals surface area contributed by atoms with Crippen molar-refractivity contribution < 1.29 is 19.4 Å². The van der Waals surface area contributed by atoms with Crippen LogP contribution in [0.1, 0.15) is 57.4 Å². The minimum absolute atomic E-state index is 0. The second kappa shape index (κ2) is 10.2. The van der Waals surface area contributed by atoms with Crippen molar-refractivity contribution in [3.63, 3.8) is 0 Å². The van der Waals surface area contributed by atoms with E-state index in [0.29, 0.717) is 6.61 Å². The Morgan fingerprint density at radius 2 is 1.96 bits per heavy atom. The first-order valence-electron chi connectivity index (χ1n) is 9.97. The first-order chi connectivity index (χ1) is 12.6. The first kappa shape index (κ1) is 21.8. The number of halogens is 1. The largest absolute Gasteiger partial charge is 0.493 e. The first-order valence-corrected chi connectivity index (χ1v) is 9.97. The number of hydrogen-bond donors (Lipinski definition) is 1. The van der Waals surface area contributed by atoms with E-state index in [4.69, 9.17) is 14.6 Å². The molecular weight excluding hydrogens is 366 g/mol. The molecule has 1 aromatic rings. The molecule has 0 saturated carbocycles. The fourth-order valence-electron chi connectivity index (χ4n) is 4.08. The molecule has 1 spiro atoms. The molecule has 6 heteroatoms. The monoisotopic (exact) mass is 397 g/mol. The van der Waals surface area contributed by atoms with Gasteiger partial charge in [-0.1, -0.05) is 38.7 Å². The van der Waals surface area contributed by atoms with Gasteiger partial charge in [-0.3, -0.25) is 9.69 Å². The quantitative estimate of drug-likeness (QED) is 0.630. The number of unbranched alkanes of at least 4 members (excludes halogenated alkanes) is 4. The van der Waals surface area contributed by atoms with E-state index in [1.54, 1.807) is 0 Å². The molecule has 2 aliphatic rings. The van der Waals surface area contributed by atoms with Crippen LogP contribution in [0, 0.1) is 0 Å². The molecule has 2 heterocycles. The third kappa shape index (κ3) is 5.52. The molecule has 1 saturated heterocycles. The lowest BCUT2D eigenvalue weighted by Gasteiger charge is -2.37. The van der Waals surface area contributed by atoms with Crippen LogP contribution in [0.3, 0.4) is 0 Å². The minimum Gasteiger partial charge on any atom is -0.493 e. The summed E-state index contributed by atoms with van der Waals surface area (Å²) in [6, 6.07) is 6.24. The number of rotatable bonds is 9. The smallest absolute Gasteiger partial charge is 0.317 e. The molecule has 2 aliphatic heterocycles. The van der Waals surface area contributed by atoms with Crippen molar-refractivity contribution in [2.24, 2.45) is 0 Å². The lowest BCUT2D eigenvalue weighted by Crippen LogP contribution is -2.45. The zero-order valence-electron chi connectivity index (χ0n) is 16.2. The van der Waals surface area contributed by atoms with E-state index >= 15 is 0 Å². The predicted octanol–water partition coefficient (Wildman–Crippen LogP) is 4.27. The van der Waals surface area contributed by atoms with Crippen molar-refractivity contribution in [1.29, 1.82) is 0 Å². The van der Waals surface area contributed by atoms with Gasteiger partial charge in [-0.25, -0.2) is 0 Å².